The minimum atomic E-state index is -4.49. The molecule has 0 amide bonds. The SMILES string of the molecule is FC(F)(F)c1ccnc(N2CCN(c3nnc(Cc4ccccc4)c4ccccc34)CC2)n1. The number of anilines is 2. The lowest BCUT2D eigenvalue weighted by atomic mass is 10.0. The van der Waals surface area contributed by atoms with Crippen LogP contribution in [0.2, 0.25) is 0 Å². The highest BCUT2D eigenvalue weighted by atomic mass is 19.4. The molecule has 3 heterocycles. The van der Waals surface area contributed by atoms with E-state index in [1.165, 1.54) is 5.56 Å². The van der Waals surface area contributed by atoms with Gasteiger partial charge in [0, 0.05) is 49.6 Å². The monoisotopic (exact) mass is 450 g/mol. The van der Waals surface area contributed by atoms with Crippen LogP contribution in [0, 0.1) is 0 Å². The molecule has 2 aromatic heterocycles. The average Bonchev–Trinajstić information content (AvgIpc) is 2.85. The van der Waals surface area contributed by atoms with Crippen LogP contribution in [-0.2, 0) is 12.6 Å². The summed E-state index contributed by atoms with van der Waals surface area (Å²) in [7, 11) is 0. The molecule has 0 atom stereocenters. The number of aromatic nitrogens is 4. The lowest BCUT2D eigenvalue weighted by Crippen LogP contribution is -2.47. The second-order valence-electron chi connectivity index (χ2n) is 7.89. The molecular weight excluding hydrogens is 429 g/mol. The molecule has 0 radical (unpaired) electrons. The maximum atomic E-state index is 13.0. The minimum Gasteiger partial charge on any atom is -0.351 e. The first kappa shape index (κ1) is 21.1. The number of hydrogen-bond donors (Lipinski definition) is 0. The van der Waals surface area contributed by atoms with Crippen LogP contribution in [0.4, 0.5) is 24.9 Å². The lowest BCUT2D eigenvalue weighted by Gasteiger charge is -2.35. The largest absolute Gasteiger partial charge is 0.433 e. The van der Waals surface area contributed by atoms with E-state index in [1.54, 1.807) is 4.90 Å². The zero-order chi connectivity index (χ0) is 22.8. The molecule has 1 aliphatic rings. The second-order valence-corrected chi connectivity index (χ2v) is 7.89. The van der Waals surface area contributed by atoms with Crippen molar-refractivity contribution >= 4 is 22.5 Å². The number of alkyl halides is 3. The highest BCUT2D eigenvalue weighted by Gasteiger charge is 2.33. The quantitative estimate of drug-likeness (QED) is 0.461. The van der Waals surface area contributed by atoms with Crippen LogP contribution in [0.5, 0.6) is 0 Å². The minimum absolute atomic E-state index is 0.0960. The van der Waals surface area contributed by atoms with Crippen LogP contribution in [0.1, 0.15) is 17.0 Å². The molecule has 9 heteroatoms. The van der Waals surface area contributed by atoms with E-state index in [4.69, 9.17) is 0 Å². The molecule has 0 aliphatic carbocycles. The highest BCUT2D eigenvalue weighted by molar-refractivity contribution is 5.93. The van der Waals surface area contributed by atoms with Crippen LogP contribution in [0.3, 0.4) is 0 Å². The Hall–Kier alpha value is -3.75. The van der Waals surface area contributed by atoms with Crippen molar-refractivity contribution in [1.29, 1.82) is 0 Å². The van der Waals surface area contributed by atoms with Crippen LogP contribution in [-0.4, -0.2) is 46.3 Å². The topological polar surface area (TPSA) is 58.0 Å². The highest BCUT2D eigenvalue weighted by Crippen LogP contribution is 2.30. The summed E-state index contributed by atoms with van der Waals surface area (Å²) in [6.45, 7) is 2.14. The molecule has 2 aromatic carbocycles. The van der Waals surface area contributed by atoms with E-state index in [-0.39, 0.29) is 5.95 Å². The first-order valence-corrected chi connectivity index (χ1v) is 10.7. The van der Waals surface area contributed by atoms with Crippen LogP contribution in [0.15, 0.2) is 66.9 Å². The fraction of sp³-hybridized carbons (Fsp3) is 0.250. The first-order valence-electron chi connectivity index (χ1n) is 10.7. The summed E-state index contributed by atoms with van der Waals surface area (Å²) in [5, 5.41) is 11.2. The smallest absolute Gasteiger partial charge is 0.351 e. The van der Waals surface area contributed by atoms with E-state index in [2.05, 4.69) is 43.3 Å². The van der Waals surface area contributed by atoms with Gasteiger partial charge in [-0.25, -0.2) is 9.97 Å². The Bertz CT molecular complexity index is 1250. The second kappa shape index (κ2) is 8.65. The molecule has 0 bridgehead atoms. The van der Waals surface area contributed by atoms with Crippen LogP contribution < -0.4 is 9.80 Å². The molecule has 6 nitrogen and oxygen atoms in total. The third kappa shape index (κ3) is 4.44. The Morgan fingerprint density at radius 1 is 0.758 bits per heavy atom. The van der Waals surface area contributed by atoms with Crippen molar-refractivity contribution in [2.24, 2.45) is 0 Å². The van der Waals surface area contributed by atoms with E-state index in [0.717, 1.165) is 34.5 Å². The van der Waals surface area contributed by atoms with Gasteiger partial charge in [-0.2, -0.15) is 18.3 Å². The molecule has 0 saturated carbocycles. The summed E-state index contributed by atoms with van der Waals surface area (Å²) in [4.78, 5) is 11.6. The molecule has 168 valence electrons. The van der Waals surface area contributed by atoms with Crippen molar-refractivity contribution in [3.63, 3.8) is 0 Å². The summed E-state index contributed by atoms with van der Waals surface area (Å²) < 4.78 is 39.0. The van der Waals surface area contributed by atoms with Gasteiger partial charge in [0.2, 0.25) is 5.95 Å². The van der Waals surface area contributed by atoms with Crippen molar-refractivity contribution in [3.05, 3.63) is 83.8 Å². The average molecular weight is 450 g/mol. The van der Waals surface area contributed by atoms with Crippen LogP contribution >= 0.6 is 0 Å². The van der Waals surface area contributed by atoms with Gasteiger partial charge in [0.1, 0.15) is 5.69 Å². The van der Waals surface area contributed by atoms with Gasteiger partial charge in [-0.3, -0.25) is 0 Å². The van der Waals surface area contributed by atoms with Gasteiger partial charge in [-0.15, -0.1) is 5.10 Å². The Morgan fingerprint density at radius 2 is 1.42 bits per heavy atom. The number of nitrogens with zero attached hydrogens (tertiary/aromatic N) is 6. The van der Waals surface area contributed by atoms with E-state index in [1.807, 2.05) is 36.4 Å². The first-order chi connectivity index (χ1) is 16.0. The fourth-order valence-corrected chi connectivity index (χ4v) is 4.08. The predicted octanol–water partition coefficient (Wildman–Crippen LogP) is 4.36. The molecule has 5 rings (SSSR count). The van der Waals surface area contributed by atoms with Crippen LogP contribution in [0.25, 0.3) is 10.8 Å². The van der Waals surface area contributed by atoms with Gasteiger partial charge < -0.3 is 9.80 Å². The maximum absolute atomic E-state index is 13.0. The Balaban J connectivity index is 1.37. The standard InChI is InChI=1S/C24H21F3N6/c25-24(26,27)21-10-11-28-23(29-21)33-14-12-32(13-15-33)22-19-9-5-4-8-18(19)20(30-31-22)16-17-6-2-1-3-7-17/h1-11H,12-16H2. The van der Waals surface area contributed by atoms with E-state index >= 15 is 0 Å². The third-order valence-corrected chi connectivity index (χ3v) is 5.75. The zero-order valence-corrected chi connectivity index (χ0v) is 17.7. The van der Waals surface area contributed by atoms with E-state index < -0.39 is 11.9 Å². The number of rotatable bonds is 4. The molecule has 1 saturated heterocycles. The molecule has 1 fully saturated rings. The Morgan fingerprint density at radius 3 is 2.15 bits per heavy atom. The van der Waals surface area contributed by atoms with Gasteiger partial charge in [0.15, 0.2) is 5.82 Å². The van der Waals surface area contributed by atoms with Crippen molar-refractivity contribution in [1.82, 2.24) is 20.2 Å². The van der Waals surface area contributed by atoms with Gasteiger partial charge in [0.05, 0.1) is 5.69 Å². The van der Waals surface area contributed by atoms with Crippen molar-refractivity contribution in [3.8, 4) is 0 Å². The predicted molar refractivity (Wildman–Crippen MR) is 120 cm³/mol. The normalized spacial score (nSPS) is 14.6. The van der Waals surface area contributed by atoms with E-state index in [9.17, 15) is 13.2 Å². The van der Waals surface area contributed by atoms with Gasteiger partial charge in [-0.1, -0.05) is 54.6 Å². The molecule has 0 spiro atoms. The zero-order valence-electron chi connectivity index (χ0n) is 17.7. The van der Waals surface area contributed by atoms with E-state index in [0.29, 0.717) is 32.6 Å². The molecule has 1 aliphatic heterocycles. The molecule has 4 aromatic rings. The van der Waals surface area contributed by atoms with Crippen molar-refractivity contribution in [2.45, 2.75) is 12.6 Å². The number of hydrogen-bond acceptors (Lipinski definition) is 6. The summed E-state index contributed by atoms with van der Waals surface area (Å²) in [6.07, 6.45) is -2.65. The molecule has 33 heavy (non-hydrogen) atoms. The van der Waals surface area contributed by atoms with Gasteiger partial charge in [-0.05, 0) is 11.6 Å². The number of benzene rings is 2. The summed E-state index contributed by atoms with van der Waals surface area (Å²) >= 11 is 0. The maximum Gasteiger partial charge on any atom is 0.433 e. The molecule has 0 unspecified atom stereocenters. The van der Waals surface area contributed by atoms with Crippen molar-refractivity contribution in [2.75, 3.05) is 36.0 Å². The van der Waals surface area contributed by atoms with Crippen molar-refractivity contribution < 1.29 is 13.2 Å². The third-order valence-electron chi connectivity index (χ3n) is 5.75. The number of piperazine rings is 1. The summed E-state index contributed by atoms with van der Waals surface area (Å²) in [5.74, 6) is 0.880. The number of fused-ring (bicyclic) bond motifs is 1. The van der Waals surface area contributed by atoms with Gasteiger partial charge in [0.25, 0.3) is 0 Å². The van der Waals surface area contributed by atoms with Gasteiger partial charge >= 0.3 is 6.18 Å². The number of halogens is 3. The summed E-state index contributed by atoms with van der Waals surface area (Å²) in [6, 6.07) is 19.1. The fourth-order valence-electron chi connectivity index (χ4n) is 4.08. The Kier molecular flexibility index (Phi) is 5.53. The lowest BCUT2D eigenvalue weighted by molar-refractivity contribution is -0.141. The molecular formula is C24H21F3N6. The molecule has 0 N–H and O–H groups in total. The Labute approximate surface area is 188 Å². The summed E-state index contributed by atoms with van der Waals surface area (Å²) in [5.41, 5.74) is 1.15.